The number of para-hydroxylation sites is 2. The predicted molar refractivity (Wildman–Crippen MR) is 295 cm³/mol. The average Bonchev–Trinajstić information content (AvgIpc) is 4.13. The Labute approximate surface area is 441 Å². The van der Waals surface area contributed by atoms with Gasteiger partial charge in [-0.25, -0.2) is 0 Å². The molecule has 0 bridgehead atoms. The van der Waals surface area contributed by atoms with Crippen molar-refractivity contribution in [2.24, 2.45) is 21.6 Å². The Morgan fingerprint density at radius 2 is 1.26 bits per heavy atom. The normalized spacial score (nSPS) is 17.6. The molecule has 1 fully saturated rings. The van der Waals surface area contributed by atoms with Crippen LogP contribution in [0.5, 0.6) is 28.7 Å². The lowest BCUT2D eigenvalue weighted by Gasteiger charge is -2.22. The molecule has 3 amide bonds. The van der Waals surface area contributed by atoms with Gasteiger partial charge in [-0.15, -0.1) is 0 Å². The highest BCUT2D eigenvalue weighted by Crippen LogP contribution is 2.43. The lowest BCUT2D eigenvalue weighted by atomic mass is 9.98. The van der Waals surface area contributed by atoms with Crippen molar-refractivity contribution in [3.63, 3.8) is 0 Å². The van der Waals surface area contributed by atoms with Gasteiger partial charge in [0.25, 0.3) is 11.8 Å². The molecular formula is C58H64N6O8S2. The smallest absolute Gasteiger partial charge is 0.261 e. The van der Waals surface area contributed by atoms with Crippen LogP contribution in [0.2, 0.25) is 0 Å². The number of ether oxygens (including phenoxy) is 5. The number of carbonyl (C=O) groups is 3. The minimum Gasteiger partial charge on any atom is -0.494 e. The second kappa shape index (κ2) is 23.8. The number of amides is 3. The first kappa shape index (κ1) is 51.0. The lowest BCUT2D eigenvalue weighted by Crippen LogP contribution is -2.37. The fourth-order valence-electron chi connectivity index (χ4n) is 10.7. The number of benzene rings is 5. The van der Waals surface area contributed by atoms with Crippen molar-refractivity contribution in [3.8, 4) is 28.7 Å². The second-order valence-corrected chi connectivity index (χ2v) is 22.2. The molecule has 5 aromatic carbocycles. The highest BCUT2D eigenvalue weighted by Gasteiger charge is 2.38. The zero-order valence-corrected chi connectivity index (χ0v) is 43.7. The van der Waals surface area contributed by atoms with E-state index in [2.05, 4.69) is 5.32 Å². The van der Waals surface area contributed by atoms with Crippen LogP contribution in [-0.2, 0) is 30.8 Å². The van der Waals surface area contributed by atoms with Crippen LogP contribution in [-0.4, -0.2) is 87.2 Å². The molecule has 3 atom stereocenters. The average molecular weight is 1040 g/mol. The first-order valence-corrected chi connectivity index (χ1v) is 28.3. The number of aliphatic imine (C=N–C) groups is 2. The third kappa shape index (κ3) is 11.7. The largest absolute Gasteiger partial charge is 0.494 e. The molecule has 3 unspecified atom stereocenters. The zero-order chi connectivity index (χ0) is 51.0. The Balaban J connectivity index is 0.785. The van der Waals surface area contributed by atoms with Gasteiger partial charge < -0.3 is 34.7 Å². The monoisotopic (exact) mass is 1040 g/mol. The van der Waals surface area contributed by atoms with Crippen LogP contribution in [0.3, 0.4) is 0 Å². The number of hydrogen-bond acceptors (Lipinski definition) is 13. The van der Waals surface area contributed by atoms with Gasteiger partial charge in [0.15, 0.2) is 23.0 Å². The van der Waals surface area contributed by atoms with Crippen LogP contribution in [0.25, 0.3) is 0 Å². The van der Waals surface area contributed by atoms with Crippen molar-refractivity contribution in [1.29, 1.82) is 0 Å². The number of nitrogens with one attached hydrogen (secondary N) is 1. The molecule has 74 heavy (non-hydrogen) atoms. The summed E-state index contributed by atoms with van der Waals surface area (Å²) in [7, 11) is 6.74. The Hall–Kier alpha value is -6.49. The van der Waals surface area contributed by atoms with Crippen LogP contribution in [0, 0.1) is 5.92 Å². The molecule has 386 valence electrons. The van der Waals surface area contributed by atoms with Crippen LogP contribution < -0.4 is 44.5 Å². The molecule has 0 spiro atoms. The molecule has 4 aliphatic heterocycles. The third-order valence-corrected chi connectivity index (χ3v) is 16.9. The van der Waals surface area contributed by atoms with Crippen LogP contribution in [0.1, 0.15) is 101 Å². The van der Waals surface area contributed by atoms with E-state index in [1.165, 1.54) is 25.7 Å². The molecule has 1 aliphatic carbocycles. The van der Waals surface area contributed by atoms with E-state index in [-0.39, 0.29) is 49.1 Å². The highest BCUT2D eigenvalue weighted by molar-refractivity contribution is 8.76. The quantitative estimate of drug-likeness (QED) is 0.0472. The van der Waals surface area contributed by atoms with E-state index in [0.717, 1.165) is 63.9 Å². The minimum atomic E-state index is -0.190. The van der Waals surface area contributed by atoms with E-state index in [4.69, 9.17) is 39.4 Å². The van der Waals surface area contributed by atoms with Gasteiger partial charge in [-0.2, -0.15) is 0 Å². The van der Waals surface area contributed by atoms with E-state index in [9.17, 15) is 14.4 Å². The van der Waals surface area contributed by atoms with E-state index in [1.807, 2.05) is 99.8 Å². The first-order valence-electron chi connectivity index (χ1n) is 25.9. The summed E-state index contributed by atoms with van der Waals surface area (Å²) < 4.78 is 30.9. The number of rotatable bonds is 23. The lowest BCUT2D eigenvalue weighted by molar-refractivity contribution is -0.121. The summed E-state index contributed by atoms with van der Waals surface area (Å²) in [5.74, 6) is 4.74. The van der Waals surface area contributed by atoms with Gasteiger partial charge in [-0.3, -0.25) is 34.2 Å². The van der Waals surface area contributed by atoms with E-state index < -0.39 is 0 Å². The van der Waals surface area contributed by atoms with Crippen molar-refractivity contribution in [3.05, 3.63) is 124 Å². The van der Waals surface area contributed by atoms with Crippen molar-refractivity contribution < 1.29 is 38.1 Å². The first-order chi connectivity index (χ1) is 36.2. The number of carbonyl (C=O) groups excluding carboxylic acids is 3. The maximum absolute atomic E-state index is 14.1. The van der Waals surface area contributed by atoms with Crippen molar-refractivity contribution in [1.82, 2.24) is 5.32 Å². The summed E-state index contributed by atoms with van der Waals surface area (Å²) in [5, 5.41) is 3.06. The predicted octanol–water partition coefficient (Wildman–Crippen LogP) is 10.8. The Bertz CT molecular complexity index is 2760. The molecule has 1 saturated carbocycles. The van der Waals surface area contributed by atoms with Crippen LogP contribution >= 0.6 is 21.6 Å². The summed E-state index contributed by atoms with van der Waals surface area (Å²) in [5.41, 5.74) is 13.8. The Morgan fingerprint density at radius 1 is 0.703 bits per heavy atom. The molecule has 4 heterocycles. The van der Waals surface area contributed by atoms with Gasteiger partial charge in [0.2, 0.25) is 5.91 Å². The molecular weight excluding hydrogens is 973 g/mol. The van der Waals surface area contributed by atoms with Crippen LogP contribution in [0.4, 0.5) is 22.7 Å². The summed E-state index contributed by atoms with van der Waals surface area (Å²) in [6.07, 6.45) is 14.4. The number of anilines is 2. The Kier molecular flexibility index (Phi) is 16.4. The highest BCUT2D eigenvalue weighted by atomic mass is 33.1. The number of nitrogens with zero attached hydrogens (tertiary/aromatic N) is 4. The summed E-state index contributed by atoms with van der Waals surface area (Å²) in [6, 6.07) is 28.5. The molecule has 16 heteroatoms. The SMILES string of the molecule is COc1cc2c(cc1OCc1cc(COc3cc4c(cc3OC)C(=O)N3c5ccccc5CC3C=N4)cc(OCCCCC(=O)NCCSSCCC(N)CC3CCCC3)c1)N=CC1Cc3ccccc3N1C2=O. The zero-order valence-electron chi connectivity index (χ0n) is 42.1. The van der Waals surface area contributed by atoms with Gasteiger partial charge in [-0.1, -0.05) is 83.7 Å². The van der Waals surface area contributed by atoms with Gasteiger partial charge in [0.1, 0.15) is 19.0 Å². The molecule has 10 rings (SSSR count). The van der Waals surface area contributed by atoms with Gasteiger partial charge >= 0.3 is 0 Å². The van der Waals surface area contributed by atoms with E-state index >= 15 is 0 Å². The maximum atomic E-state index is 14.1. The minimum absolute atomic E-state index is 0.0377. The molecule has 5 aliphatic rings. The van der Waals surface area contributed by atoms with Gasteiger partial charge in [0, 0.05) is 79.3 Å². The number of unbranched alkanes of at least 4 members (excludes halogenated alkanes) is 1. The summed E-state index contributed by atoms with van der Waals surface area (Å²) in [6.45, 7) is 1.29. The molecule has 0 aromatic heterocycles. The fourth-order valence-corrected chi connectivity index (χ4v) is 12.8. The summed E-state index contributed by atoms with van der Waals surface area (Å²) in [4.78, 5) is 54.0. The molecule has 0 saturated heterocycles. The standard InChI is InChI=1S/C58H64N6O8S2/c1-68-52-29-46-48(61-33-43-27-40-13-5-7-15-50(40)63(43)57(46)66)31-54(52)71-35-38-23-39(26-45(25-38)70-20-10-9-17-56(65)60-19-22-74-73-21-18-42(59)24-37-11-3-4-12-37)36-72-55-32-49-47(30-53(55)69-2)58(67)64-44(34-62-49)28-41-14-6-8-16-51(41)64/h5-8,13-16,23,25-26,29-34,37,42-44H,3-4,9-12,17-22,24,27-28,35-36,59H2,1-2H3,(H,60,65). The number of nitrogens with two attached hydrogens (primary N) is 1. The number of fused-ring (bicyclic) bond motifs is 8. The van der Waals surface area contributed by atoms with Gasteiger partial charge in [-0.05, 0) is 96.3 Å². The number of methoxy groups -OCH3 is 2. The summed E-state index contributed by atoms with van der Waals surface area (Å²) >= 11 is 0. The van der Waals surface area contributed by atoms with Crippen molar-refractivity contribution in [2.75, 3.05) is 48.7 Å². The molecule has 5 aromatic rings. The van der Waals surface area contributed by atoms with E-state index in [1.54, 1.807) is 49.3 Å². The fraction of sp³-hybridized carbons (Fsp3) is 0.397. The van der Waals surface area contributed by atoms with Crippen LogP contribution in [0.15, 0.2) is 101 Å². The molecule has 3 N–H and O–H groups in total. The Morgan fingerprint density at radius 3 is 1.82 bits per heavy atom. The molecule has 14 nitrogen and oxygen atoms in total. The number of hydrogen-bond donors (Lipinski definition) is 2. The van der Waals surface area contributed by atoms with Crippen molar-refractivity contribution in [2.45, 2.75) is 102 Å². The van der Waals surface area contributed by atoms with Crippen molar-refractivity contribution >= 4 is 74.5 Å². The second-order valence-electron chi connectivity index (χ2n) is 19.5. The topological polar surface area (TPSA) is 167 Å². The molecule has 0 radical (unpaired) electrons. The van der Waals surface area contributed by atoms with Gasteiger partial charge in [0.05, 0.1) is 55.4 Å². The third-order valence-electron chi connectivity index (χ3n) is 14.4. The van der Waals surface area contributed by atoms with E-state index in [0.29, 0.717) is 96.5 Å². The maximum Gasteiger partial charge on any atom is 0.261 e.